The predicted molar refractivity (Wildman–Crippen MR) is 117 cm³/mol. The molecule has 0 aliphatic carbocycles. The molecule has 0 atom stereocenters. The Morgan fingerprint density at radius 2 is 1.84 bits per heavy atom. The normalized spacial score (nSPS) is 11.0. The third-order valence-electron chi connectivity index (χ3n) is 4.94. The molecule has 4 aromatic heterocycles. The molecule has 0 fully saturated rings. The SMILES string of the molecule is O=C(Nc1nc2ccccc2n1CCc1ccccn1)c1cc(-n2cccn2)ccn1. The Bertz CT molecular complexity index is 1330. The van der Waals surface area contributed by atoms with E-state index >= 15 is 0 Å². The van der Waals surface area contributed by atoms with Gasteiger partial charge < -0.3 is 4.57 Å². The minimum Gasteiger partial charge on any atom is -0.310 e. The Morgan fingerprint density at radius 3 is 2.68 bits per heavy atom. The van der Waals surface area contributed by atoms with Crippen LogP contribution in [0.3, 0.4) is 0 Å². The molecule has 0 aliphatic heterocycles. The van der Waals surface area contributed by atoms with Crippen LogP contribution in [0.25, 0.3) is 16.7 Å². The molecule has 0 unspecified atom stereocenters. The predicted octanol–water partition coefficient (Wildman–Crippen LogP) is 3.51. The number of pyridine rings is 2. The van der Waals surface area contributed by atoms with Gasteiger partial charge in [0.05, 0.1) is 16.7 Å². The zero-order valence-corrected chi connectivity index (χ0v) is 16.6. The van der Waals surface area contributed by atoms with Crippen LogP contribution in [0.15, 0.2) is 85.5 Å². The molecule has 5 rings (SSSR count). The van der Waals surface area contributed by atoms with Crippen LogP contribution in [0, 0.1) is 0 Å². The third kappa shape index (κ3) is 3.91. The number of hydrogen-bond donors (Lipinski definition) is 1. The molecule has 0 aliphatic rings. The molecule has 1 N–H and O–H groups in total. The number of carbonyl (C=O) groups is 1. The fraction of sp³-hybridized carbons (Fsp3) is 0.0870. The van der Waals surface area contributed by atoms with Crippen molar-refractivity contribution in [2.45, 2.75) is 13.0 Å². The molecule has 8 heteroatoms. The lowest BCUT2D eigenvalue weighted by atomic mass is 10.2. The highest BCUT2D eigenvalue weighted by molar-refractivity contribution is 6.03. The van der Waals surface area contributed by atoms with Crippen molar-refractivity contribution in [1.82, 2.24) is 29.3 Å². The first kappa shape index (κ1) is 18.7. The highest BCUT2D eigenvalue weighted by Crippen LogP contribution is 2.21. The minimum atomic E-state index is -0.330. The molecule has 152 valence electrons. The summed E-state index contributed by atoms with van der Waals surface area (Å²) in [6.45, 7) is 0.633. The number of para-hydroxylation sites is 2. The van der Waals surface area contributed by atoms with Crippen molar-refractivity contribution >= 4 is 22.9 Å². The average molecular weight is 409 g/mol. The lowest BCUT2D eigenvalue weighted by Gasteiger charge is -2.10. The number of aromatic nitrogens is 6. The van der Waals surface area contributed by atoms with Gasteiger partial charge in [-0.05, 0) is 42.5 Å². The van der Waals surface area contributed by atoms with E-state index < -0.39 is 0 Å². The van der Waals surface area contributed by atoms with Gasteiger partial charge in [0, 0.05) is 43.4 Å². The van der Waals surface area contributed by atoms with Crippen molar-refractivity contribution in [2.75, 3.05) is 5.32 Å². The summed E-state index contributed by atoms with van der Waals surface area (Å²) in [5.41, 5.74) is 3.79. The van der Waals surface area contributed by atoms with Gasteiger partial charge in [0.25, 0.3) is 5.91 Å². The minimum absolute atomic E-state index is 0.288. The molecule has 8 nitrogen and oxygen atoms in total. The Labute approximate surface area is 178 Å². The molecule has 5 aromatic rings. The number of carbonyl (C=O) groups excluding carboxylic acids is 1. The van der Waals surface area contributed by atoms with Gasteiger partial charge in [0.1, 0.15) is 5.69 Å². The molecule has 31 heavy (non-hydrogen) atoms. The highest BCUT2D eigenvalue weighted by atomic mass is 16.2. The van der Waals surface area contributed by atoms with Crippen LogP contribution in [0.5, 0.6) is 0 Å². The summed E-state index contributed by atoms with van der Waals surface area (Å²) >= 11 is 0. The Balaban J connectivity index is 1.43. The molecule has 4 heterocycles. The summed E-state index contributed by atoms with van der Waals surface area (Å²) < 4.78 is 3.68. The number of aryl methyl sites for hydroxylation is 2. The molecule has 0 radical (unpaired) electrons. The maximum absolute atomic E-state index is 13.0. The van der Waals surface area contributed by atoms with Crippen LogP contribution in [-0.2, 0) is 13.0 Å². The fourth-order valence-electron chi connectivity index (χ4n) is 3.44. The van der Waals surface area contributed by atoms with Gasteiger partial charge in [-0.2, -0.15) is 5.10 Å². The van der Waals surface area contributed by atoms with E-state index in [2.05, 4.69) is 25.4 Å². The van der Waals surface area contributed by atoms with Gasteiger partial charge in [-0.3, -0.25) is 20.1 Å². The number of amides is 1. The summed E-state index contributed by atoms with van der Waals surface area (Å²) in [6, 6.07) is 19.0. The van der Waals surface area contributed by atoms with Crippen molar-refractivity contribution in [3.8, 4) is 5.69 Å². The number of rotatable bonds is 6. The number of hydrogen-bond acceptors (Lipinski definition) is 5. The van der Waals surface area contributed by atoms with Crippen LogP contribution >= 0.6 is 0 Å². The standard InChI is InChI=1S/C23H19N7O/c31-22(20-16-18(9-13-25-20)30-14-5-12-26-30)28-23-27-19-7-1-2-8-21(19)29(23)15-10-17-6-3-4-11-24-17/h1-9,11-14,16H,10,15H2,(H,27,28,31). The highest BCUT2D eigenvalue weighted by Gasteiger charge is 2.16. The largest absolute Gasteiger partial charge is 0.310 e. The van der Waals surface area contributed by atoms with E-state index in [1.165, 1.54) is 0 Å². The summed E-state index contributed by atoms with van der Waals surface area (Å²) in [6.07, 6.45) is 7.59. The van der Waals surface area contributed by atoms with Crippen molar-refractivity contribution in [1.29, 1.82) is 0 Å². The van der Waals surface area contributed by atoms with Crippen LogP contribution in [0.1, 0.15) is 16.2 Å². The monoisotopic (exact) mass is 409 g/mol. The van der Waals surface area contributed by atoms with E-state index in [9.17, 15) is 4.79 Å². The lowest BCUT2D eigenvalue weighted by Crippen LogP contribution is -2.18. The summed E-state index contributed by atoms with van der Waals surface area (Å²) in [5.74, 6) is 0.150. The number of nitrogens with zero attached hydrogens (tertiary/aromatic N) is 6. The molecule has 1 amide bonds. The van der Waals surface area contributed by atoms with Crippen molar-refractivity contribution in [3.63, 3.8) is 0 Å². The van der Waals surface area contributed by atoms with Crippen LogP contribution < -0.4 is 5.32 Å². The smallest absolute Gasteiger partial charge is 0.276 e. The van der Waals surface area contributed by atoms with Gasteiger partial charge in [-0.25, -0.2) is 9.67 Å². The third-order valence-corrected chi connectivity index (χ3v) is 4.94. The first-order valence-electron chi connectivity index (χ1n) is 9.90. The molecular weight excluding hydrogens is 390 g/mol. The summed E-state index contributed by atoms with van der Waals surface area (Å²) in [7, 11) is 0. The second-order valence-corrected chi connectivity index (χ2v) is 6.95. The number of nitrogens with one attached hydrogen (secondary N) is 1. The first-order chi connectivity index (χ1) is 15.3. The molecule has 0 saturated carbocycles. The van der Waals surface area contributed by atoms with Gasteiger partial charge in [-0.1, -0.05) is 18.2 Å². The van der Waals surface area contributed by atoms with Gasteiger partial charge in [0.2, 0.25) is 5.95 Å². The Hall–Kier alpha value is -4.33. The Kier molecular flexibility index (Phi) is 4.94. The molecule has 0 spiro atoms. The topological polar surface area (TPSA) is 90.5 Å². The molecular formula is C23H19N7O. The summed E-state index contributed by atoms with van der Waals surface area (Å²) in [4.78, 5) is 26.2. The van der Waals surface area contributed by atoms with E-state index in [-0.39, 0.29) is 11.6 Å². The van der Waals surface area contributed by atoms with E-state index in [1.807, 2.05) is 59.3 Å². The van der Waals surface area contributed by atoms with Crippen LogP contribution in [0.4, 0.5) is 5.95 Å². The first-order valence-corrected chi connectivity index (χ1v) is 9.90. The average Bonchev–Trinajstić information content (AvgIpc) is 3.47. The number of anilines is 1. The van der Waals surface area contributed by atoms with E-state index in [0.29, 0.717) is 12.5 Å². The fourth-order valence-corrected chi connectivity index (χ4v) is 3.44. The van der Waals surface area contributed by atoms with E-state index in [4.69, 9.17) is 0 Å². The second kappa shape index (κ2) is 8.19. The molecule has 0 bridgehead atoms. The molecule has 1 aromatic carbocycles. The zero-order valence-electron chi connectivity index (χ0n) is 16.6. The van der Waals surface area contributed by atoms with Crippen molar-refractivity contribution in [2.24, 2.45) is 0 Å². The lowest BCUT2D eigenvalue weighted by molar-refractivity contribution is 0.102. The van der Waals surface area contributed by atoms with Gasteiger partial charge in [0.15, 0.2) is 0 Å². The number of benzene rings is 1. The maximum Gasteiger partial charge on any atom is 0.276 e. The van der Waals surface area contributed by atoms with Gasteiger partial charge in [-0.15, -0.1) is 0 Å². The van der Waals surface area contributed by atoms with E-state index in [1.54, 1.807) is 35.4 Å². The van der Waals surface area contributed by atoms with Crippen LogP contribution in [0.2, 0.25) is 0 Å². The van der Waals surface area contributed by atoms with E-state index in [0.717, 1.165) is 28.8 Å². The maximum atomic E-state index is 13.0. The van der Waals surface area contributed by atoms with Crippen molar-refractivity contribution < 1.29 is 4.79 Å². The quantitative estimate of drug-likeness (QED) is 0.463. The van der Waals surface area contributed by atoms with Crippen molar-refractivity contribution in [3.05, 3.63) is 96.8 Å². The number of fused-ring (bicyclic) bond motifs is 1. The Morgan fingerprint density at radius 1 is 0.935 bits per heavy atom. The summed E-state index contributed by atoms with van der Waals surface area (Å²) in [5, 5.41) is 7.13. The second-order valence-electron chi connectivity index (χ2n) is 6.95. The zero-order chi connectivity index (χ0) is 21.0. The van der Waals surface area contributed by atoms with Crippen LogP contribution in [-0.4, -0.2) is 35.2 Å². The molecule has 0 saturated heterocycles. The van der Waals surface area contributed by atoms with Gasteiger partial charge >= 0.3 is 0 Å². The number of imidazole rings is 1.